The highest BCUT2D eigenvalue weighted by Gasteiger charge is 1.82. The fourth-order valence-electron chi connectivity index (χ4n) is 2.09. The number of allylic oxidation sites excluding steroid dienone is 24. The minimum atomic E-state index is 1.01. The molecule has 1 radical (unpaired) electrons. The fraction of sp³-hybridized carbons (Fsp3) is 0.143. The molecule has 0 bridgehead atoms. The van der Waals surface area contributed by atoms with Crippen LogP contribution in [0.25, 0.3) is 0 Å². The van der Waals surface area contributed by atoms with Crippen LogP contribution in [0.3, 0.4) is 0 Å². The number of hydrogen-bond donors (Lipinski definition) is 0. The van der Waals surface area contributed by atoms with Gasteiger partial charge in [-0.3, -0.25) is 0 Å². The van der Waals surface area contributed by atoms with Crippen LogP contribution in [0.2, 0.25) is 0 Å². The van der Waals surface area contributed by atoms with E-state index in [1.165, 1.54) is 12.8 Å². The van der Waals surface area contributed by atoms with Crippen molar-refractivity contribution < 1.29 is 0 Å². The smallest absolute Gasteiger partial charge is 0.0276 e. The molecule has 0 heteroatoms. The van der Waals surface area contributed by atoms with Crippen molar-refractivity contribution in [3.63, 3.8) is 0 Å². The average molecular weight is 368 g/mol. The molecule has 0 aromatic carbocycles. The molecule has 0 nitrogen and oxygen atoms in total. The SMILES string of the molecule is [C]1=C/C=C\C=C/C=C\C=C\C=C\C=C\C=C/C=C/C=C/C=C/C=C\CCCC/1. The van der Waals surface area contributed by atoms with Crippen LogP contribution in [0.15, 0.2) is 140 Å². The fourth-order valence-corrected chi connectivity index (χ4v) is 2.09. The highest BCUT2D eigenvalue weighted by Crippen LogP contribution is 2.01. The van der Waals surface area contributed by atoms with Crippen LogP contribution in [0.1, 0.15) is 25.7 Å². The molecule has 0 heterocycles. The molecule has 1 rings (SSSR count). The summed E-state index contributed by atoms with van der Waals surface area (Å²) in [6, 6.07) is 0. The molecule has 28 heavy (non-hydrogen) atoms. The molecule has 0 aromatic heterocycles. The Morgan fingerprint density at radius 2 is 0.714 bits per heavy atom. The van der Waals surface area contributed by atoms with Gasteiger partial charge in [0.25, 0.3) is 0 Å². The van der Waals surface area contributed by atoms with Gasteiger partial charge in [0.05, 0.1) is 0 Å². The van der Waals surface area contributed by atoms with E-state index in [4.69, 9.17) is 0 Å². The summed E-state index contributed by atoms with van der Waals surface area (Å²) in [6.45, 7) is 0. The van der Waals surface area contributed by atoms with Gasteiger partial charge < -0.3 is 0 Å². The van der Waals surface area contributed by atoms with Crippen molar-refractivity contribution in [1.29, 1.82) is 0 Å². The second-order valence-electron chi connectivity index (χ2n) is 5.89. The Kier molecular flexibility index (Phi) is 16.5. The molecule has 0 saturated carbocycles. The van der Waals surface area contributed by atoms with Crippen LogP contribution in [-0.4, -0.2) is 0 Å². The van der Waals surface area contributed by atoms with Gasteiger partial charge in [-0.1, -0.05) is 140 Å². The van der Waals surface area contributed by atoms with Crippen molar-refractivity contribution in [2.75, 3.05) is 0 Å². The lowest BCUT2D eigenvalue weighted by Crippen LogP contribution is -1.72. The molecule has 0 fully saturated rings. The average Bonchev–Trinajstić information content (AvgIpc) is 2.71. The second kappa shape index (κ2) is 20.2. The van der Waals surface area contributed by atoms with Crippen LogP contribution < -0.4 is 0 Å². The summed E-state index contributed by atoms with van der Waals surface area (Å²) in [5, 5.41) is 0. The largest absolute Gasteiger partial charge is 0.0845 e. The Morgan fingerprint density at radius 3 is 1.14 bits per heavy atom. The third-order valence-corrected chi connectivity index (χ3v) is 3.51. The van der Waals surface area contributed by atoms with E-state index in [0.29, 0.717) is 0 Å². The summed E-state index contributed by atoms with van der Waals surface area (Å²) in [5.41, 5.74) is 0. The molecular weight excluding hydrogens is 336 g/mol. The summed E-state index contributed by atoms with van der Waals surface area (Å²) in [4.78, 5) is 0. The molecular formula is C28H31. The topological polar surface area (TPSA) is 0 Å². The van der Waals surface area contributed by atoms with Gasteiger partial charge in [0, 0.05) is 0 Å². The van der Waals surface area contributed by atoms with E-state index in [1.54, 1.807) is 0 Å². The van der Waals surface area contributed by atoms with E-state index in [2.05, 4.69) is 24.3 Å². The second-order valence-corrected chi connectivity index (χ2v) is 5.89. The predicted molar refractivity (Wildman–Crippen MR) is 127 cm³/mol. The summed E-state index contributed by atoms with van der Waals surface area (Å²) < 4.78 is 0. The van der Waals surface area contributed by atoms with Gasteiger partial charge in [-0.25, -0.2) is 0 Å². The Hall–Kier alpha value is -3.12. The zero-order chi connectivity index (χ0) is 19.8. The summed E-state index contributed by atoms with van der Waals surface area (Å²) in [7, 11) is 0. The molecule has 0 unspecified atom stereocenters. The molecule has 0 atom stereocenters. The van der Waals surface area contributed by atoms with Gasteiger partial charge >= 0.3 is 0 Å². The molecule has 0 N–H and O–H groups in total. The molecule has 0 aliphatic heterocycles. The lowest BCUT2D eigenvalue weighted by molar-refractivity contribution is 0.754. The van der Waals surface area contributed by atoms with E-state index in [9.17, 15) is 0 Å². The predicted octanol–water partition coefficient (Wildman–Crippen LogP) is 8.04. The third-order valence-electron chi connectivity index (χ3n) is 3.51. The van der Waals surface area contributed by atoms with E-state index < -0.39 is 0 Å². The number of hydrogen-bond acceptors (Lipinski definition) is 0. The minimum Gasteiger partial charge on any atom is -0.0845 e. The van der Waals surface area contributed by atoms with E-state index >= 15 is 0 Å². The van der Waals surface area contributed by atoms with Crippen molar-refractivity contribution in [3.05, 3.63) is 146 Å². The molecule has 0 spiro atoms. The quantitative estimate of drug-likeness (QED) is 0.406. The van der Waals surface area contributed by atoms with Crippen molar-refractivity contribution in [3.8, 4) is 0 Å². The summed E-state index contributed by atoms with van der Waals surface area (Å²) >= 11 is 0. The third kappa shape index (κ3) is 17.7. The Bertz CT molecular complexity index is 656. The van der Waals surface area contributed by atoms with Crippen LogP contribution in [0, 0.1) is 6.08 Å². The maximum Gasteiger partial charge on any atom is -0.0276 e. The van der Waals surface area contributed by atoms with Gasteiger partial charge in [0.15, 0.2) is 0 Å². The zero-order valence-corrected chi connectivity index (χ0v) is 16.6. The van der Waals surface area contributed by atoms with Crippen molar-refractivity contribution >= 4 is 0 Å². The highest BCUT2D eigenvalue weighted by atomic mass is 13.9. The van der Waals surface area contributed by atoms with Gasteiger partial charge in [-0.05, 0) is 31.8 Å². The maximum atomic E-state index is 3.31. The van der Waals surface area contributed by atoms with Crippen LogP contribution in [0.5, 0.6) is 0 Å². The molecule has 1 aliphatic rings. The summed E-state index contributed by atoms with van der Waals surface area (Å²) in [5.74, 6) is 0. The lowest BCUT2D eigenvalue weighted by Gasteiger charge is -1.91. The zero-order valence-electron chi connectivity index (χ0n) is 16.6. The van der Waals surface area contributed by atoms with E-state index in [1.807, 2.05) is 122 Å². The Labute approximate surface area is 171 Å². The molecule has 0 aromatic rings. The maximum absolute atomic E-state index is 3.31. The first kappa shape index (κ1) is 22.9. The van der Waals surface area contributed by atoms with Gasteiger partial charge in [0.2, 0.25) is 0 Å². The van der Waals surface area contributed by atoms with Gasteiger partial charge in [0.1, 0.15) is 0 Å². The van der Waals surface area contributed by atoms with E-state index in [-0.39, 0.29) is 0 Å². The van der Waals surface area contributed by atoms with Crippen LogP contribution >= 0.6 is 0 Å². The first-order chi connectivity index (χ1) is 14.0. The normalized spacial score (nSPS) is 30.9. The molecule has 0 saturated heterocycles. The first-order valence-electron chi connectivity index (χ1n) is 9.88. The van der Waals surface area contributed by atoms with Crippen molar-refractivity contribution in [2.45, 2.75) is 25.7 Å². The van der Waals surface area contributed by atoms with Crippen LogP contribution in [-0.2, 0) is 0 Å². The lowest BCUT2D eigenvalue weighted by atomic mass is 10.2. The van der Waals surface area contributed by atoms with Crippen LogP contribution in [0.4, 0.5) is 0 Å². The van der Waals surface area contributed by atoms with Gasteiger partial charge in [-0.15, -0.1) is 0 Å². The highest BCUT2D eigenvalue weighted by molar-refractivity contribution is 5.23. The molecule has 0 amide bonds. The Balaban J connectivity index is 2.55. The minimum absolute atomic E-state index is 1.01. The Morgan fingerprint density at radius 1 is 0.357 bits per heavy atom. The molecule has 1 aliphatic carbocycles. The van der Waals surface area contributed by atoms with Crippen molar-refractivity contribution in [1.82, 2.24) is 0 Å². The molecule has 143 valence electrons. The van der Waals surface area contributed by atoms with Gasteiger partial charge in [-0.2, -0.15) is 0 Å². The number of rotatable bonds is 0. The monoisotopic (exact) mass is 367 g/mol. The first-order valence-corrected chi connectivity index (χ1v) is 9.88. The van der Waals surface area contributed by atoms with Crippen molar-refractivity contribution in [2.24, 2.45) is 0 Å². The van der Waals surface area contributed by atoms with E-state index in [0.717, 1.165) is 12.8 Å². The standard InChI is InChI=1S/C28H31/c1-2-4-6-8-10-12-14-16-18-20-22-24-26-28-27-25-23-21-19-17-15-13-11-9-7-5-3-1/h1-23H,24,26-28H2/b2-1+,5-3+,6-4-,9-7+,10-8+,13-11-,14-12+,17-15-,18-16+,21-19-,22-20-,25-23?. The summed E-state index contributed by atoms with van der Waals surface area (Å²) in [6.07, 6.45) is 54.5.